The summed E-state index contributed by atoms with van der Waals surface area (Å²) >= 11 is 5.98. The Labute approximate surface area is 109 Å². The maximum Gasteiger partial charge on any atom is 0.123 e. The molecular formula is C14H22ClNO. The highest BCUT2D eigenvalue weighted by molar-refractivity contribution is 6.30. The van der Waals surface area contributed by atoms with Crippen molar-refractivity contribution < 1.29 is 4.74 Å². The van der Waals surface area contributed by atoms with E-state index in [1.807, 2.05) is 18.2 Å². The van der Waals surface area contributed by atoms with Gasteiger partial charge in [0.05, 0.1) is 6.10 Å². The van der Waals surface area contributed by atoms with Crippen molar-refractivity contribution in [3.63, 3.8) is 0 Å². The van der Waals surface area contributed by atoms with Gasteiger partial charge in [-0.25, -0.2) is 0 Å². The van der Waals surface area contributed by atoms with Gasteiger partial charge in [0, 0.05) is 5.02 Å². The molecule has 0 bridgehead atoms. The average molecular weight is 256 g/mol. The first-order valence-corrected chi connectivity index (χ1v) is 6.56. The first-order chi connectivity index (χ1) is 8.02. The predicted molar refractivity (Wildman–Crippen MR) is 73.8 cm³/mol. The van der Waals surface area contributed by atoms with Gasteiger partial charge in [-0.3, -0.25) is 0 Å². The highest BCUT2D eigenvalue weighted by Gasteiger charge is 2.10. The molecule has 1 aromatic carbocycles. The van der Waals surface area contributed by atoms with Gasteiger partial charge in [0.1, 0.15) is 5.75 Å². The minimum Gasteiger partial charge on any atom is -0.490 e. The Morgan fingerprint density at radius 1 is 1.29 bits per heavy atom. The number of nitrogens with two attached hydrogens (primary N) is 1. The molecule has 0 amide bonds. The number of benzene rings is 1. The number of hydrogen-bond acceptors (Lipinski definition) is 2. The van der Waals surface area contributed by atoms with Crippen LogP contribution in [0.5, 0.6) is 5.75 Å². The van der Waals surface area contributed by atoms with Crippen LogP contribution in [0.25, 0.3) is 0 Å². The maximum atomic E-state index is 5.98. The van der Waals surface area contributed by atoms with Crippen LogP contribution in [0.2, 0.25) is 5.02 Å². The summed E-state index contributed by atoms with van der Waals surface area (Å²) in [5, 5.41) is 0.734. The first-order valence-electron chi connectivity index (χ1n) is 6.18. The number of ether oxygens (including phenoxy) is 1. The second-order valence-corrected chi connectivity index (χ2v) is 5.29. The van der Waals surface area contributed by atoms with E-state index in [1.54, 1.807) is 0 Å². The van der Waals surface area contributed by atoms with Gasteiger partial charge < -0.3 is 10.5 Å². The van der Waals surface area contributed by atoms with Gasteiger partial charge in [0.2, 0.25) is 0 Å². The molecule has 0 fully saturated rings. The molecule has 3 heteroatoms. The van der Waals surface area contributed by atoms with Crippen molar-refractivity contribution in [3.8, 4) is 5.75 Å². The fraction of sp³-hybridized carbons (Fsp3) is 0.571. The Morgan fingerprint density at radius 2 is 2.00 bits per heavy atom. The number of halogens is 1. The molecule has 1 atom stereocenters. The Morgan fingerprint density at radius 3 is 2.59 bits per heavy atom. The Hall–Kier alpha value is -0.730. The topological polar surface area (TPSA) is 35.2 Å². The Balaban J connectivity index is 2.75. The van der Waals surface area contributed by atoms with E-state index < -0.39 is 0 Å². The van der Waals surface area contributed by atoms with Gasteiger partial charge in [0.25, 0.3) is 0 Å². The van der Waals surface area contributed by atoms with Crippen LogP contribution < -0.4 is 10.5 Å². The summed E-state index contributed by atoms with van der Waals surface area (Å²) in [6.07, 6.45) is 2.06. The summed E-state index contributed by atoms with van der Waals surface area (Å²) in [5.41, 5.74) is 6.69. The fourth-order valence-electron chi connectivity index (χ4n) is 1.94. The average Bonchev–Trinajstić information content (AvgIpc) is 2.21. The lowest BCUT2D eigenvalue weighted by atomic mass is 10.1. The molecule has 0 aliphatic carbocycles. The van der Waals surface area contributed by atoms with Crippen molar-refractivity contribution in [2.24, 2.45) is 11.7 Å². The lowest BCUT2D eigenvalue weighted by molar-refractivity contribution is 0.191. The normalized spacial score (nSPS) is 12.8. The summed E-state index contributed by atoms with van der Waals surface area (Å²) in [6.45, 7) is 7.10. The van der Waals surface area contributed by atoms with Crippen LogP contribution >= 0.6 is 11.6 Å². The maximum absolute atomic E-state index is 5.98. The van der Waals surface area contributed by atoms with Crippen LogP contribution in [-0.2, 0) is 6.42 Å². The molecule has 17 heavy (non-hydrogen) atoms. The molecule has 96 valence electrons. The summed E-state index contributed by atoms with van der Waals surface area (Å²) in [7, 11) is 0. The minimum absolute atomic E-state index is 0.215. The van der Waals surface area contributed by atoms with Crippen LogP contribution in [0.3, 0.4) is 0 Å². The second kappa shape index (κ2) is 6.87. The zero-order chi connectivity index (χ0) is 12.8. The van der Waals surface area contributed by atoms with Crippen molar-refractivity contribution in [1.29, 1.82) is 0 Å². The molecule has 2 nitrogen and oxygen atoms in total. The lowest BCUT2D eigenvalue weighted by Crippen LogP contribution is -2.16. The molecule has 1 rings (SSSR count). The molecule has 0 saturated carbocycles. The Kier molecular flexibility index (Phi) is 5.79. The molecule has 2 N–H and O–H groups in total. The third-order valence-corrected chi connectivity index (χ3v) is 2.80. The molecule has 0 aromatic heterocycles. The third-order valence-electron chi connectivity index (χ3n) is 2.57. The summed E-state index contributed by atoms with van der Waals surface area (Å²) in [5.74, 6) is 1.54. The highest BCUT2D eigenvalue weighted by Crippen LogP contribution is 2.25. The van der Waals surface area contributed by atoms with Crippen LogP contribution in [0.15, 0.2) is 18.2 Å². The molecule has 1 unspecified atom stereocenters. The van der Waals surface area contributed by atoms with Crippen LogP contribution in [0.4, 0.5) is 0 Å². The third kappa shape index (κ3) is 4.97. The molecule has 0 aliphatic rings. The van der Waals surface area contributed by atoms with E-state index in [0.717, 1.165) is 29.2 Å². The highest BCUT2D eigenvalue weighted by atomic mass is 35.5. The van der Waals surface area contributed by atoms with Gasteiger partial charge in [-0.2, -0.15) is 0 Å². The predicted octanol–water partition coefficient (Wildman–Crippen LogP) is 3.65. The van der Waals surface area contributed by atoms with Crippen LogP contribution in [0, 0.1) is 5.92 Å². The van der Waals surface area contributed by atoms with Crippen LogP contribution in [-0.4, -0.2) is 12.6 Å². The van der Waals surface area contributed by atoms with Gasteiger partial charge in [0.15, 0.2) is 0 Å². The number of hydrogen-bond donors (Lipinski definition) is 1. The zero-order valence-corrected chi connectivity index (χ0v) is 11.6. The van der Waals surface area contributed by atoms with Gasteiger partial charge in [-0.05, 0) is 56.0 Å². The SMILES string of the molecule is CC(C)CC(C)Oc1ccc(Cl)cc1CCN. The second-order valence-electron chi connectivity index (χ2n) is 4.85. The molecule has 0 radical (unpaired) electrons. The molecule has 0 aliphatic heterocycles. The van der Waals surface area contributed by atoms with Gasteiger partial charge in [-0.1, -0.05) is 25.4 Å². The van der Waals surface area contributed by atoms with Crippen molar-refractivity contribution in [2.45, 2.75) is 39.7 Å². The van der Waals surface area contributed by atoms with Gasteiger partial charge >= 0.3 is 0 Å². The first kappa shape index (κ1) is 14.3. The van der Waals surface area contributed by atoms with Crippen molar-refractivity contribution in [1.82, 2.24) is 0 Å². The van der Waals surface area contributed by atoms with E-state index >= 15 is 0 Å². The largest absolute Gasteiger partial charge is 0.490 e. The van der Waals surface area contributed by atoms with Crippen LogP contribution in [0.1, 0.15) is 32.8 Å². The van der Waals surface area contributed by atoms with E-state index in [1.165, 1.54) is 0 Å². The lowest BCUT2D eigenvalue weighted by Gasteiger charge is -2.19. The molecule has 1 aromatic rings. The van der Waals surface area contributed by atoms with E-state index in [4.69, 9.17) is 22.1 Å². The minimum atomic E-state index is 0.215. The van der Waals surface area contributed by atoms with E-state index in [0.29, 0.717) is 12.5 Å². The molecule has 0 saturated heterocycles. The summed E-state index contributed by atoms with van der Waals surface area (Å²) in [6, 6.07) is 5.73. The Bertz CT molecular complexity index is 352. The number of rotatable bonds is 6. The molecular weight excluding hydrogens is 234 g/mol. The monoisotopic (exact) mass is 255 g/mol. The smallest absolute Gasteiger partial charge is 0.123 e. The summed E-state index contributed by atoms with van der Waals surface area (Å²) < 4.78 is 5.95. The van der Waals surface area contributed by atoms with E-state index in [-0.39, 0.29) is 6.10 Å². The van der Waals surface area contributed by atoms with Crippen molar-refractivity contribution in [3.05, 3.63) is 28.8 Å². The zero-order valence-electron chi connectivity index (χ0n) is 10.9. The molecule has 0 spiro atoms. The van der Waals surface area contributed by atoms with Crippen molar-refractivity contribution in [2.75, 3.05) is 6.54 Å². The fourth-order valence-corrected chi connectivity index (χ4v) is 2.14. The van der Waals surface area contributed by atoms with Crippen molar-refractivity contribution >= 4 is 11.6 Å². The van der Waals surface area contributed by atoms with E-state index in [2.05, 4.69) is 20.8 Å². The molecule has 0 heterocycles. The summed E-state index contributed by atoms with van der Waals surface area (Å²) in [4.78, 5) is 0. The van der Waals surface area contributed by atoms with Gasteiger partial charge in [-0.15, -0.1) is 0 Å². The van der Waals surface area contributed by atoms with E-state index in [9.17, 15) is 0 Å². The standard InChI is InChI=1S/C14H22ClNO/c1-10(2)8-11(3)17-14-5-4-13(15)9-12(14)6-7-16/h4-5,9-11H,6-8,16H2,1-3H3. The quantitative estimate of drug-likeness (QED) is 0.842.